The van der Waals surface area contributed by atoms with Gasteiger partial charge < -0.3 is 0 Å². The fourth-order valence-corrected chi connectivity index (χ4v) is 3.46. The van der Waals surface area contributed by atoms with Crippen LogP contribution in [0, 0.1) is 11.5 Å². The Balaban J connectivity index is 2.43. The summed E-state index contributed by atoms with van der Waals surface area (Å²) in [6, 6.07) is 10.4. The Morgan fingerprint density at radius 3 is 2.37 bits per heavy atom. The monoisotopic (exact) mass is 397 g/mol. The maximum atomic E-state index is 12.8. The lowest BCUT2D eigenvalue weighted by Gasteiger charge is -2.11. The molecule has 3 aromatic rings. The second-order valence-corrected chi connectivity index (χ2v) is 13.9. The molecule has 0 aliphatic heterocycles. The molecule has 2 aromatic heterocycles. The zero-order valence-electron chi connectivity index (χ0n) is 15.5. The Kier molecular flexibility index (Phi) is 4.76. The largest absolute Gasteiger partial charge is 0.269 e. The van der Waals surface area contributed by atoms with Crippen molar-refractivity contribution in [3.8, 4) is 17.2 Å². The van der Waals surface area contributed by atoms with Gasteiger partial charge in [0.2, 0.25) is 15.0 Å². The number of hydrogen-bond donors (Lipinski definition) is 0. The van der Waals surface area contributed by atoms with Crippen LogP contribution >= 0.6 is 0 Å². The minimum atomic E-state index is -3.62. The van der Waals surface area contributed by atoms with Crippen molar-refractivity contribution in [3.05, 3.63) is 58.5 Å². The van der Waals surface area contributed by atoms with Gasteiger partial charge in [0.05, 0.1) is 11.1 Å². The molecule has 0 saturated carbocycles. The smallest absolute Gasteiger partial charge is 0.258 e. The normalized spacial score (nSPS) is 11.9. The van der Waals surface area contributed by atoms with Gasteiger partial charge in [0, 0.05) is 24.1 Å². The van der Waals surface area contributed by atoms with Gasteiger partial charge in [-0.25, -0.2) is 13.4 Å². The van der Waals surface area contributed by atoms with Crippen molar-refractivity contribution in [1.29, 1.82) is 0 Å². The van der Waals surface area contributed by atoms with Crippen molar-refractivity contribution in [2.75, 3.05) is 6.26 Å². The van der Waals surface area contributed by atoms with Crippen molar-refractivity contribution in [3.63, 3.8) is 0 Å². The van der Waals surface area contributed by atoms with E-state index >= 15 is 0 Å². The van der Waals surface area contributed by atoms with E-state index in [0.29, 0.717) is 16.6 Å². The second-order valence-electron chi connectivity index (χ2n) is 7.23. The van der Waals surface area contributed by atoms with E-state index in [2.05, 4.69) is 41.1 Å². The highest BCUT2D eigenvalue weighted by atomic mass is 32.2. The Morgan fingerprint density at radius 1 is 1.11 bits per heavy atom. The van der Waals surface area contributed by atoms with Crippen LogP contribution in [0.1, 0.15) is 5.56 Å². The van der Waals surface area contributed by atoms with Gasteiger partial charge in [0.15, 0.2) is 5.65 Å². The number of aromatic nitrogens is 3. The van der Waals surface area contributed by atoms with Gasteiger partial charge in [-0.2, -0.15) is 4.98 Å². The molecule has 0 aliphatic rings. The summed E-state index contributed by atoms with van der Waals surface area (Å²) in [7, 11) is -5.29. The third-order valence-corrected chi connectivity index (χ3v) is 5.39. The molecule has 0 saturated heterocycles. The quantitative estimate of drug-likeness (QED) is 0.377. The van der Waals surface area contributed by atoms with E-state index in [0.717, 1.165) is 6.26 Å². The number of para-hydroxylation sites is 1. The molecule has 138 valence electrons. The highest BCUT2D eigenvalue weighted by molar-refractivity contribution is 7.90. The Morgan fingerprint density at radius 2 is 1.78 bits per heavy atom. The molecular weight excluding hydrogens is 378 g/mol. The summed E-state index contributed by atoms with van der Waals surface area (Å²) >= 11 is 0. The summed E-state index contributed by atoms with van der Waals surface area (Å²) in [4.78, 5) is 21.0. The molecule has 0 radical (unpaired) electrons. The lowest BCUT2D eigenvalue weighted by Crippen LogP contribution is -2.21. The summed E-state index contributed by atoms with van der Waals surface area (Å²) in [6.45, 7) is 6.31. The molecule has 0 amide bonds. The predicted octanol–water partition coefficient (Wildman–Crippen LogP) is 2.41. The molecule has 3 rings (SSSR count). The molecule has 8 heteroatoms. The standard InChI is InChI=1S/C19H19N3O3SSi/c1-26(24,25)19-20-13-16-14(10-11-27(2,3)4)12-17(23)22(18(16)21-19)15-8-6-5-7-9-15/h5-9,12-13H,1-4H3. The van der Waals surface area contributed by atoms with Crippen molar-refractivity contribution in [2.24, 2.45) is 0 Å². The van der Waals surface area contributed by atoms with Crippen LogP contribution in [0.4, 0.5) is 0 Å². The topological polar surface area (TPSA) is 81.9 Å². The number of nitrogens with zero attached hydrogens (tertiary/aromatic N) is 3. The summed E-state index contributed by atoms with van der Waals surface area (Å²) in [5.74, 6) is 3.07. The van der Waals surface area contributed by atoms with E-state index < -0.39 is 17.9 Å². The van der Waals surface area contributed by atoms with Crippen LogP contribution in [-0.4, -0.2) is 37.3 Å². The first-order valence-corrected chi connectivity index (χ1v) is 13.7. The number of fused-ring (bicyclic) bond motifs is 1. The maximum Gasteiger partial charge on any atom is 0.258 e. The molecule has 0 unspecified atom stereocenters. The lowest BCUT2D eigenvalue weighted by atomic mass is 10.2. The summed E-state index contributed by atoms with van der Waals surface area (Å²) in [5, 5.41) is 0.214. The van der Waals surface area contributed by atoms with E-state index in [-0.39, 0.29) is 16.4 Å². The Labute approximate surface area is 158 Å². The highest BCUT2D eigenvalue weighted by Crippen LogP contribution is 2.19. The van der Waals surface area contributed by atoms with E-state index in [9.17, 15) is 13.2 Å². The van der Waals surface area contributed by atoms with E-state index in [4.69, 9.17) is 0 Å². The number of hydrogen-bond acceptors (Lipinski definition) is 5. The highest BCUT2D eigenvalue weighted by Gasteiger charge is 2.17. The second kappa shape index (κ2) is 6.76. The lowest BCUT2D eigenvalue weighted by molar-refractivity contribution is 0.593. The van der Waals surface area contributed by atoms with Gasteiger partial charge >= 0.3 is 0 Å². The molecule has 0 fully saturated rings. The van der Waals surface area contributed by atoms with Gasteiger partial charge in [-0.05, 0) is 12.1 Å². The average Bonchev–Trinajstić information content (AvgIpc) is 2.58. The number of sulfone groups is 1. The van der Waals surface area contributed by atoms with Crippen molar-refractivity contribution in [1.82, 2.24) is 14.5 Å². The van der Waals surface area contributed by atoms with E-state index in [1.54, 1.807) is 24.3 Å². The van der Waals surface area contributed by atoms with Gasteiger partial charge in [0.1, 0.15) is 8.07 Å². The SMILES string of the molecule is C[Si](C)(C)C#Cc1cc(=O)n(-c2ccccc2)c2nc(S(C)(=O)=O)ncc12. The molecule has 6 nitrogen and oxygen atoms in total. The summed E-state index contributed by atoms with van der Waals surface area (Å²) in [5.41, 5.74) is 4.22. The molecule has 0 atom stereocenters. The van der Waals surface area contributed by atoms with Crippen LogP contribution in [-0.2, 0) is 9.84 Å². The minimum Gasteiger partial charge on any atom is -0.269 e. The number of pyridine rings is 1. The van der Waals surface area contributed by atoms with Crippen LogP contribution in [0.3, 0.4) is 0 Å². The fourth-order valence-electron chi connectivity index (χ4n) is 2.45. The zero-order valence-corrected chi connectivity index (χ0v) is 17.3. The molecule has 0 bridgehead atoms. The summed E-state index contributed by atoms with van der Waals surface area (Å²) in [6.07, 6.45) is 2.46. The Hall–Kier alpha value is -2.76. The third-order valence-electron chi connectivity index (χ3n) is 3.65. The molecular formula is C19H19N3O3SSi. The van der Waals surface area contributed by atoms with Crippen LogP contribution in [0.2, 0.25) is 19.6 Å². The molecule has 2 heterocycles. The first-order chi connectivity index (χ1) is 12.6. The zero-order chi connectivity index (χ0) is 19.8. The minimum absolute atomic E-state index is 0.226. The van der Waals surface area contributed by atoms with Gasteiger partial charge in [-0.1, -0.05) is 43.8 Å². The average molecular weight is 398 g/mol. The van der Waals surface area contributed by atoms with Gasteiger partial charge in [-0.3, -0.25) is 9.36 Å². The molecule has 1 aromatic carbocycles. The van der Waals surface area contributed by atoms with Crippen molar-refractivity contribution < 1.29 is 8.42 Å². The predicted molar refractivity (Wildman–Crippen MR) is 108 cm³/mol. The number of rotatable bonds is 2. The number of benzene rings is 1. The third kappa shape index (κ3) is 4.15. The van der Waals surface area contributed by atoms with Crippen molar-refractivity contribution in [2.45, 2.75) is 24.8 Å². The maximum absolute atomic E-state index is 12.8. The molecule has 0 N–H and O–H groups in total. The van der Waals surface area contributed by atoms with E-state index in [1.807, 2.05) is 6.07 Å². The van der Waals surface area contributed by atoms with Gasteiger partial charge in [-0.15, -0.1) is 5.54 Å². The summed E-state index contributed by atoms with van der Waals surface area (Å²) < 4.78 is 25.2. The van der Waals surface area contributed by atoms with Crippen LogP contribution in [0.15, 0.2) is 52.5 Å². The van der Waals surface area contributed by atoms with Crippen LogP contribution in [0.5, 0.6) is 0 Å². The molecule has 0 spiro atoms. The van der Waals surface area contributed by atoms with Crippen molar-refractivity contribution >= 4 is 28.9 Å². The Bertz CT molecular complexity index is 1250. The van der Waals surface area contributed by atoms with Crippen LogP contribution < -0.4 is 5.56 Å². The molecule has 27 heavy (non-hydrogen) atoms. The van der Waals surface area contributed by atoms with E-state index in [1.165, 1.54) is 16.8 Å². The molecule has 0 aliphatic carbocycles. The first kappa shape index (κ1) is 19.0. The van der Waals surface area contributed by atoms with Gasteiger partial charge in [0.25, 0.3) is 5.56 Å². The van der Waals surface area contributed by atoms with Crippen LogP contribution in [0.25, 0.3) is 16.7 Å². The fraction of sp³-hybridized carbons (Fsp3) is 0.211. The first-order valence-electron chi connectivity index (χ1n) is 8.28.